The highest BCUT2D eigenvalue weighted by Crippen LogP contribution is 2.43. The monoisotopic (exact) mass is 271 g/mol. The van der Waals surface area contributed by atoms with Crippen LogP contribution in [0.4, 0.5) is 5.82 Å². The minimum absolute atomic E-state index is 0.191. The molecule has 0 saturated heterocycles. The van der Waals surface area contributed by atoms with E-state index in [1.165, 1.54) is 6.33 Å². The maximum absolute atomic E-state index is 5.97. The van der Waals surface area contributed by atoms with Gasteiger partial charge in [-0.25, -0.2) is 9.97 Å². The second-order valence-corrected chi connectivity index (χ2v) is 5.38. The molecule has 1 aromatic carbocycles. The molecule has 1 aromatic heterocycles. The molecule has 5 heteroatoms. The van der Waals surface area contributed by atoms with Gasteiger partial charge in [0.1, 0.15) is 17.7 Å². The predicted molar refractivity (Wildman–Crippen MR) is 76.5 cm³/mol. The fourth-order valence-corrected chi connectivity index (χ4v) is 2.31. The number of hydrogen-bond acceptors (Lipinski definition) is 5. The van der Waals surface area contributed by atoms with Crippen LogP contribution in [0.25, 0.3) is 0 Å². The fourth-order valence-electron chi connectivity index (χ4n) is 2.31. The molecular formula is C15H17N3O2. The van der Waals surface area contributed by atoms with Crippen LogP contribution in [-0.4, -0.2) is 22.6 Å². The van der Waals surface area contributed by atoms with Gasteiger partial charge in [-0.15, -0.1) is 0 Å². The number of ether oxygens (including phenoxy) is 2. The van der Waals surface area contributed by atoms with Gasteiger partial charge in [-0.3, -0.25) is 0 Å². The maximum atomic E-state index is 5.97. The highest BCUT2D eigenvalue weighted by atomic mass is 16.5. The quantitative estimate of drug-likeness (QED) is 0.930. The molecule has 1 aliphatic rings. The van der Waals surface area contributed by atoms with E-state index >= 15 is 0 Å². The van der Waals surface area contributed by atoms with Crippen LogP contribution in [0.15, 0.2) is 30.6 Å². The van der Waals surface area contributed by atoms with Crippen molar-refractivity contribution < 1.29 is 9.47 Å². The first-order valence-electron chi connectivity index (χ1n) is 6.56. The van der Waals surface area contributed by atoms with Crippen LogP contribution in [0.5, 0.6) is 17.4 Å². The molecule has 0 aliphatic carbocycles. The molecule has 3 rings (SSSR count). The lowest BCUT2D eigenvalue weighted by molar-refractivity contribution is 0.135. The van der Waals surface area contributed by atoms with Gasteiger partial charge < -0.3 is 14.8 Å². The topological polar surface area (TPSA) is 56.3 Å². The Morgan fingerprint density at radius 2 is 2.15 bits per heavy atom. The highest BCUT2D eigenvalue weighted by Gasteiger charge is 2.32. The molecule has 2 heterocycles. The number of anilines is 1. The smallest absolute Gasteiger partial charge is 0.224 e. The zero-order valence-corrected chi connectivity index (χ0v) is 11.8. The molecule has 20 heavy (non-hydrogen) atoms. The number of rotatable bonds is 3. The Morgan fingerprint density at radius 1 is 1.30 bits per heavy atom. The summed E-state index contributed by atoms with van der Waals surface area (Å²) in [7, 11) is 1.80. The van der Waals surface area contributed by atoms with Crippen LogP contribution in [0.1, 0.15) is 19.4 Å². The second-order valence-electron chi connectivity index (χ2n) is 5.38. The van der Waals surface area contributed by atoms with E-state index in [1.807, 2.05) is 12.1 Å². The first kappa shape index (κ1) is 12.7. The van der Waals surface area contributed by atoms with Gasteiger partial charge in [0, 0.05) is 25.1 Å². The lowest BCUT2D eigenvalue weighted by Gasteiger charge is -2.18. The Hall–Kier alpha value is -2.30. The van der Waals surface area contributed by atoms with Gasteiger partial charge in [-0.1, -0.05) is 12.1 Å². The largest absolute Gasteiger partial charge is 0.483 e. The van der Waals surface area contributed by atoms with E-state index in [0.29, 0.717) is 17.4 Å². The molecular weight excluding hydrogens is 254 g/mol. The van der Waals surface area contributed by atoms with Gasteiger partial charge in [0.25, 0.3) is 0 Å². The average Bonchev–Trinajstić information content (AvgIpc) is 2.74. The normalized spacial score (nSPS) is 15.3. The summed E-state index contributed by atoms with van der Waals surface area (Å²) in [5.41, 5.74) is 0.972. The van der Waals surface area contributed by atoms with E-state index in [9.17, 15) is 0 Å². The van der Waals surface area contributed by atoms with E-state index in [1.54, 1.807) is 13.1 Å². The summed E-state index contributed by atoms with van der Waals surface area (Å²) >= 11 is 0. The molecule has 104 valence electrons. The van der Waals surface area contributed by atoms with Crippen molar-refractivity contribution >= 4 is 5.82 Å². The summed E-state index contributed by atoms with van der Waals surface area (Å²) in [6, 6.07) is 7.68. The number of benzene rings is 1. The van der Waals surface area contributed by atoms with Crippen LogP contribution in [0.2, 0.25) is 0 Å². The van der Waals surface area contributed by atoms with Crippen molar-refractivity contribution in [2.24, 2.45) is 0 Å². The summed E-state index contributed by atoms with van der Waals surface area (Å²) in [6.07, 6.45) is 2.35. The Balaban J connectivity index is 1.91. The Labute approximate surface area is 118 Å². The highest BCUT2D eigenvalue weighted by molar-refractivity contribution is 5.51. The van der Waals surface area contributed by atoms with Crippen LogP contribution < -0.4 is 14.8 Å². The summed E-state index contributed by atoms with van der Waals surface area (Å²) in [5, 5.41) is 2.96. The number of nitrogens with one attached hydrogen (secondary N) is 1. The SMILES string of the molecule is CNc1cc(Oc2cccc3c2OC(C)(C)C3)ncn1. The van der Waals surface area contributed by atoms with Gasteiger partial charge >= 0.3 is 0 Å². The third-order valence-corrected chi connectivity index (χ3v) is 3.17. The van der Waals surface area contributed by atoms with Crippen molar-refractivity contribution in [3.63, 3.8) is 0 Å². The minimum atomic E-state index is -0.191. The molecule has 5 nitrogen and oxygen atoms in total. The van der Waals surface area contributed by atoms with Crippen LogP contribution >= 0.6 is 0 Å². The standard InChI is InChI=1S/C15H17N3O2/c1-15(2)8-10-5-4-6-11(14(10)20-15)19-13-7-12(16-3)17-9-18-13/h4-7,9H,8H2,1-3H3,(H,16,17,18). The third-order valence-electron chi connectivity index (χ3n) is 3.17. The summed E-state index contributed by atoms with van der Waals surface area (Å²) in [5.74, 6) is 2.70. The van der Waals surface area contributed by atoms with Crippen molar-refractivity contribution in [1.82, 2.24) is 9.97 Å². The summed E-state index contributed by atoms with van der Waals surface area (Å²) < 4.78 is 11.8. The summed E-state index contributed by atoms with van der Waals surface area (Å²) in [6.45, 7) is 4.14. The Morgan fingerprint density at radius 3 is 2.95 bits per heavy atom. The van der Waals surface area contributed by atoms with Crippen LogP contribution in [-0.2, 0) is 6.42 Å². The minimum Gasteiger partial charge on any atom is -0.483 e. The van der Waals surface area contributed by atoms with E-state index in [-0.39, 0.29) is 5.60 Å². The molecule has 1 N–H and O–H groups in total. The third kappa shape index (κ3) is 2.39. The number of para-hydroxylation sites is 1. The zero-order chi connectivity index (χ0) is 14.2. The van der Waals surface area contributed by atoms with Gasteiger partial charge in [-0.2, -0.15) is 0 Å². The molecule has 0 amide bonds. The van der Waals surface area contributed by atoms with Crippen molar-refractivity contribution in [1.29, 1.82) is 0 Å². The van der Waals surface area contributed by atoms with Gasteiger partial charge in [0.05, 0.1) is 0 Å². The maximum Gasteiger partial charge on any atom is 0.224 e. The van der Waals surface area contributed by atoms with E-state index in [0.717, 1.165) is 17.7 Å². The van der Waals surface area contributed by atoms with Crippen molar-refractivity contribution in [2.45, 2.75) is 25.9 Å². The van der Waals surface area contributed by atoms with Gasteiger partial charge in [-0.05, 0) is 19.9 Å². The first-order valence-corrected chi connectivity index (χ1v) is 6.56. The lowest BCUT2D eigenvalue weighted by atomic mass is 10.0. The first-order chi connectivity index (χ1) is 9.57. The molecule has 0 spiro atoms. The fraction of sp³-hybridized carbons (Fsp3) is 0.333. The van der Waals surface area contributed by atoms with Crippen LogP contribution in [0, 0.1) is 0 Å². The lowest BCUT2D eigenvalue weighted by Crippen LogP contribution is -2.24. The molecule has 0 saturated carbocycles. The van der Waals surface area contributed by atoms with Gasteiger partial charge in [0.15, 0.2) is 11.5 Å². The van der Waals surface area contributed by atoms with E-state index in [4.69, 9.17) is 9.47 Å². The molecule has 0 unspecified atom stereocenters. The molecule has 2 aromatic rings. The van der Waals surface area contributed by atoms with Gasteiger partial charge in [0.2, 0.25) is 5.88 Å². The number of fused-ring (bicyclic) bond motifs is 1. The molecule has 0 bridgehead atoms. The zero-order valence-electron chi connectivity index (χ0n) is 11.8. The summed E-state index contributed by atoms with van der Waals surface area (Å²) in [4.78, 5) is 8.18. The molecule has 0 atom stereocenters. The van der Waals surface area contributed by atoms with Crippen molar-refractivity contribution in [3.8, 4) is 17.4 Å². The number of nitrogens with zero attached hydrogens (tertiary/aromatic N) is 2. The average molecular weight is 271 g/mol. The predicted octanol–water partition coefficient (Wildman–Crippen LogP) is 3.02. The van der Waals surface area contributed by atoms with Crippen LogP contribution in [0.3, 0.4) is 0 Å². The molecule has 0 radical (unpaired) electrons. The van der Waals surface area contributed by atoms with Crippen molar-refractivity contribution in [3.05, 3.63) is 36.2 Å². The second kappa shape index (κ2) is 4.67. The van der Waals surface area contributed by atoms with Crippen molar-refractivity contribution in [2.75, 3.05) is 12.4 Å². The number of aromatic nitrogens is 2. The molecule has 1 aliphatic heterocycles. The van der Waals surface area contributed by atoms with E-state index in [2.05, 4.69) is 35.2 Å². The molecule has 0 fully saturated rings. The Kier molecular flexibility index (Phi) is 2.97. The number of hydrogen-bond donors (Lipinski definition) is 1. The van der Waals surface area contributed by atoms with E-state index < -0.39 is 0 Å². The Bertz CT molecular complexity index is 641.